The predicted molar refractivity (Wildman–Crippen MR) is 93.2 cm³/mol. The number of Topliss-reactive ketones (excluding diaryl/α,β-unsaturated/α-hetero) is 1. The fourth-order valence-electron chi connectivity index (χ4n) is 2.84. The van der Waals surface area contributed by atoms with E-state index < -0.39 is 23.5 Å². The Labute approximate surface area is 152 Å². The van der Waals surface area contributed by atoms with E-state index in [9.17, 15) is 14.7 Å². The van der Waals surface area contributed by atoms with Gasteiger partial charge in [-0.1, -0.05) is 28.1 Å². The zero-order valence-corrected chi connectivity index (χ0v) is 15.0. The molecule has 0 fully saturated rings. The van der Waals surface area contributed by atoms with Crippen LogP contribution in [0.5, 0.6) is 0 Å². The van der Waals surface area contributed by atoms with Crippen molar-refractivity contribution in [3.63, 3.8) is 0 Å². The van der Waals surface area contributed by atoms with Crippen LogP contribution >= 0.6 is 15.9 Å². The third-order valence-corrected chi connectivity index (χ3v) is 4.54. The normalized spacial score (nSPS) is 17.4. The number of carbonyl (C=O) groups excluding carboxylic acids is 2. The Balaban J connectivity index is 2.06. The van der Waals surface area contributed by atoms with E-state index in [1.807, 2.05) is 12.1 Å². The van der Waals surface area contributed by atoms with Gasteiger partial charge in [-0.2, -0.15) is 0 Å². The fourth-order valence-corrected chi connectivity index (χ4v) is 3.10. The van der Waals surface area contributed by atoms with Crippen molar-refractivity contribution < 1.29 is 23.8 Å². The summed E-state index contributed by atoms with van der Waals surface area (Å²) >= 11 is 3.37. The predicted octanol–water partition coefficient (Wildman–Crippen LogP) is 3.27. The number of amides is 1. The van der Waals surface area contributed by atoms with Gasteiger partial charge in [-0.15, -0.1) is 0 Å². The van der Waals surface area contributed by atoms with Gasteiger partial charge in [0, 0.05) is 18.1 Å². The van der Waals surface area contributed by atoms with Gasteiger partial charge in [0.2, 0.25) is 5.78 Å². The van der Waals surface area contributed by atoms with Crippen molar-refractivity contribution in [3.05, 3.63) is 69.8 Å². The zero-order chi connectivity index (χ0) is 18.0. The number of hydrogen-bond donors (Lipinski definition) is 1. The van der Waals surface area contributed by atoms with Crippen LogP contribution in [0.15, 0.2) is 62.9 Å². The number of hydrogen-bond acceptors (Lipinski definition) is 5. The minimum Gasteiger partial charge on any atom is -0.503 e. The molecule has 0 aliphatic carbocycles. The molecule has 3 rings (SSSR count). The minimum atomic E-state index is -0.701. The Morgan fingerprint density at radius 1 is 1.32 bits per heavy atom. The molecule has 2 heterocycles. The molecule has 0 radical (unpaired) electrons. The van der Waals surface area contributed by atoms with Crippen LogP contribution in [0.25, 0.3) is 0 Å². The Morgan fingerprint density at radius 2 is 2.04 bits per heavy atom. The van der Waals surface area contributed by atoms with E-state index in [4.69, 9.17) is 9.15 Å². The fraction of sp³-hybridized carbons (Fsp3) is 0.222. The number of methoxy groups -OCH3 is 1. The van der Waals surface area contributed by atoms with Crippen molar-refractivity contribution in [1.82, 2.24) is 4.90 Å². The maximum atomic E-state index is 12.8. The maximum absolute atomic E-state index is 12.8. The summed E-state index contributed by atoms with van der Waals surface area (Å²) in [6.07, 6.45) is 1.37. The first kappa shape index (κ1) is 17.4. The van der Waals surface area contributed by atoms with Crippen LogP contribution in [-0.2, 0) is 9.53 Å². The molecule has 0 saturated heterocycles. The Bertz CT molecular complexity index is 811. The van der Waals surface area contributed by atoms with Crippen LogP contribution in [-0.4, -0.2) is 42.0 Å². The van der Waals surface area contributed by atoms with Crippen molar-refractivity contribution in [2.24, 2.45) is 0 Å². The number of aliphatic hydroxyl groups excluding tert-OH is 1. The topological polar surface area (TPSA) is 80.0 Å². The van der Waals surface area contributed by atoms with E-state index in [1.165, 1.54) is 24.3 Å². The van der Waals surface area contributed by atoms with Crippen LogP contribution in [0.3, 0.4) is 0 Å². The number of rotatable bonds is 6. The van der Waals surface area contributed by atoms with Gasteiger partial charge in [-0.25, -0.2) is 0 Å². The van der Waals surface area contributed by atoms with Gasteiger partial charge in [-0.3, -0.25) is 9.59 Å². The summed E-state index contributed by atoms with van der Waals surface area (Å²) < 4.78 is 11.1. The second-order valence-electron chi connectivity index (χ2n) is 5.51. The molecule has 1 atom stereocenters. The summed E-state index contributed by atoms with van der Waals surface area (Å²) in [5.41, 5.74) is 0.727. The van der Waals surface area contributed by atoms with E-state index in [1.54, 1.807) is 18.2 Å². The lowest BCUT2D eigenvalue weighted by atomic mass is 9.95. The highest BCUT2D eigenvalue weighted by Gasteiger charge is 2.44. The number of furan rings is 1. The molecule has 1 aromatic carbocycles. The molecule has 1 aromatic heterocycles. The molecule has 130 valence electrons. The van der Waals surface area contributed by atoms with Gasteiger partial charge in [0.15, 0.2) is 11.5 Å². The molecule has 0 bridgehead atoms. The highest BCUT2D eigenvalue weighted by Crippen LogP contribution is 2.39. The first-order chi connectivity index (χ1) is 12.0. The molecule has 1 aliphatic rings. The van der Waals surface area contributed by atoms with Gasteiger partial charge in [-0.05, 0) is 29.8 Å². The molecule has 1 unspecified atom stereocenters. The number of benzene rings is 1. The lowest BCUT2D eigenvalue weighted by molar-refractivity contribution is -0.130. The van der Waals surface area contributed by atoms with Crippen molar-refractivity contribution in [2.75, 3.05) is 20.3 Å². The molecular weight excluding hydrogens is 390 g/mol. The maximum Gasteiger partial charge on any atom is 0.290 e. The van der Waals surface area contributed by atoms with E-state index in [-0.39, 0.29) is 24.5 Å². The highest BCUT2D eigenvalue weighted by molar-refractivity contribution is 9.10. The third-order valence-electron chi connectivity index (χ3n) is 4.02. The van der Waals surface area contributed by atoms with E-state index in [0.29, 0.717) is 5.56 Å². The Hall–Kier alpha value is -2.38. The average Bonchev–Trinajstić information content (AvgIpc) is 3.22. The van der Waals surface area contributed by atoms with E-state index >= 15 is 0 Å². The summed E-state index contributed by atoms with van der Waals surface area (Å²) in [4.78, 5) is 26.7. The monoisotopic (exact) mass is 405 g/mol. The Kier molecular flexibility index (Phi) is 5.06. The number of aliphatic hydroxyl groups is 1. The van der Waals surface area contributed by atoms with Crippen molar-refractivity contribution in [3.8, 4) is 0 Å². The highest BCUT2D eigenvalue weighted by atomic mass is 79.9. The first-order valence-corrected chi connectivity index (χ1v) is 8.40. The Morgan fingerprint density at radius 3 is 2.64 bits per heavy atom. The molecule has 25 heavy (non-hydrogen) atoms. The molecule has 1 aliphatic heterocycles. The molecule has 0 saturated carbocycles. The SMILES string of the molecule is COCCN1C(=O)C(O)=C(C(=O)c2ccco2)C1c1ccc(Br)cc1. The lowest BCUT2D eigenvalue weighted by Crippen LogP contribution is -2.33. The summed E-state index contributed by atoms with van der Waals surface area (Å²) in [6, 6.07) is 9.62. The van der Waals surface area contributed by atoms with Gasteiger partial charge in [0.1, 0.15) is 0 Å². The average molecular weight is 406 g/mol. The first-order valence-electron chi connectivity index (χ1n) is 7.61. The molecule has 0 spiro atoms. The van der Waals surface area contributed by atoms with Crippen molar-refractivity contribution in [2.45, 2.75) is 6.04 Å². The summed E-state index contributed by atoms with van der Waals surface area (Å²) in [5.74, 6) is -1.58. The van der Waals surface area contributed by atoms with Crippen molar-refractivity contribution >= 4 is 27.6 Å². The molecule has 1 amide bonds. The van der Waals surface area contributed by atoms with E-state index in [2.05, 4.69) is 15.9 Å². The molecule has 2 aromatic rings. The van der Waals surface area contributed by atoms with Crippen LogP contribution in [0.2, 0.25) is 0 Å². The molecule has 6 nitrogen and oxygen atoms in total. The van der Waals surface area contributed by atoms with E-state index in [0.717, 1.165) is 4.47 Å². The molecular formula is C18H16BrNO5. The van der Waals surface area contributed by atoms with Crippen LogP contribution in [0.4, 0.5) is 0 Å². The standard InChI is InChI=1S/C18H16BrNO5/c1-24-10-8-20-15(11-4-6-12(19)7-5-11)14(17(22)18(20)23)16(21)13-3-2-9-25-13/h2-7,9,15,22H,8,10H2,1H3. The number of carbonyl (C=O) groups is 2. The van der Waals surface area contributed by atoms with Gasteiger partial charge in [0.25, 0.3) is 5.91 Å². The summed E-state index contributed by atoms with van der Waals surface area (Å²) in [5, 5.41) is 10.4. The second kappa shape index (κ2) is 7.25. The quantitative estimate of drug-likeness (QED) is 0.745. The molecule has 7 heteroatoms. The second-order valence-corrected chi connectivity index (χ2v) is 6.43. The van der Waals surface area contributed by atoms with Crippen molar-refractivity contribution in [1.29, 1.82) is 0 Å². The van der Waals surface area contributed by atoms with Crippen LogP contribution < -0.4 is 0 Å². The molecule has 1 N–H and O–H groups in total. The smallest absolute Gasteiger partial charge is 0.290 e. The van der Waals surface area contributed by atoms with Crippen LogP contribution in [0.1, 0.15) is 22.2 Å². The zero-order valence-electron chi connectivity index (χ0n) is 13.4. The third kappa shape index (κ3) is 3.25. The number of nitrogens with zero attached hydrogens (tertiary/aromatic N) is 1. The van der Waals surface area contributed by atoms with Gasteiger partial charge in [0.05, 0.1) is 24.5 Å². The summed E-state index contributed by atoms with van der Waals surface area (Å²) in [6.45, 7) is 0.531. The summed E-state index contributed by atoms with van der Waals surface area (Å²) in [7, 11) is 1.53. The van der Waals surface area contributed by atoms with Gasteiger partial charge >= 0.3 is 0 Å². The number of halogens is 1. The lowest BCUT2D eigenvalue weighted by Gasteiger charge is -2.26. The largest absolute Gasteiger partial charge is 0.503 e. The minimum absolute atomic E-state index is 0.0124. The number of ketones is 1. The number of ether oxygens (including phenoxy) is 1. The van der Waals surface area contributed by atoms with Gasteiger partial charge < -0.3 is 19.2 Å². The van der Waals surface area contributed by atoms with Crippen LogP contribution in [0, 0.1) is 0 Å².